The second kappa shape index (κ2) is 20.7. The summed E-state index contributed by atoms with van der Waals surface area (Å²) in [4.78, 5) is 58.5. The number of ether oxygens (including phenoxy) is 4. The molecule has 3 saturated heterocycles. The number of cyclic esters (lactones) is 1. The molecule has 0 bridgehead atoms. The van der Waals surface area contributed by atoms with Crippen molar-refractivity contribution in [3.05, 3.63) is 34.4 Å². The lowest BCUT2D eigenvalue weighted by molar-refractivity contribution is -0.384. The normalized spacial score (nSPS) is 37.5. The van der Waals surface area contributed by atoms with Crippen LogP contribution in [0.1, 0.15) is 74.7 Å². The molecule has 0 aromatic heterocycles. The summed E-state index contributed by atoms with van der Waals surface area (Å²) in [6.07, 6.45) is -7.28. The van der Waals surface area contributed by atoms with E-state index in [2.05, 4.69) is 15.1 Å². The maximum Gasteiger partial charge on any atom is 0.316 e. The number of aliphatic hydroxyl groups is 4. The largest absolute Gasteiger partial charge is 0.459 e. The van der Waals surface area contributed by atoms with Crippen molar-refractivity contribution in [2.75, 3.05) is 58.3 Å². The van der Waals surface area contributed by atoms with Crippen molar-refractivity contribution < 1.29 is 58.7 Å². The van der Waals surface area contributed by atoms with E-state index in [4.69, 9.17) is 18.9 Å². The van der Waals surface area contributed by atoms with Gasteiger partial charge in [0.1, 0.15) is 23.7 Å². The van der Waals surface area contributed by atoms with Crippen LogP contribution in [0.5, 0.6) is 0 Å². The molecule has 18 heteroatoms. The van der Waals surface area contributed by atoms with E-state index in [9.17, 15) is 44.9 Å². The monoisotopic (exact) mass is 851 g/mol. The molecule has 5 N–H and O–H groups in total. The number of carbonyl (C=O) groups is 3. The number of amides is 1. The Morgan fingerprint density at radius 1 is 1.02 bits per heavy atom. The molecule has 340 valence electrons. The van der Waals surface area contributed by atoms with Crippen LogP contribution in [-0.2, 0) is 33.3 Å². The van der Waals surface area contributed by atoms with Crippen LogP contribution in [0.3, 0.4) is 0 Å². The Kier molecular flexibility index (Phi) is 17.0. The van der Waals surface area contributed by atoms with Crippen LogP contribution < -0.4 is 10.2 Å². The van der Waals surface area contributed by atoms with Gasteiger partial charge in [0.2, 0.25) is 5.91 Å². The lowest BCUT2D eigenvalue weighted by Crippen LogP contribution is -2.60. The Hall–Kier alpha value is -3.33. The molecule has 0 aliphatic carbocycles. The summed E-state index contributed by atoms with van der Waals surface area (Å²) < 4.78 is 25.2. The van der Waals surface area contributed by atoms with Crippen molar-refractivity contribution in [1.82, 2.24) is 15.1 Å². The number of nitro benzene ring substituents is 1. The number of β-amino-alcohol motifs (C(OH)–C–C–N with tert-alkyl or cyclic N) is 1. The van der Waals surface area contributed by atoms with Crippen LogP contribution in [0.2, 0.25) is 0 Å². The van der Waals surface area contributed by atoms with E-state index < -0.39 is 94.4 Å². The van der Waals surface area contributed by atoms with Crippen molar-refractivity contribution >= 4 is 29.0 Å². The highest BCUT2D eigenvalue weighted by Crippen LogP contribution is 2.37. The average Bonchev–Trinajstić information content (AvgIpc) is 3.20. The van der Waals surface area contributed by atoms with Crippen molar-refractivity contribution in [2.24, 2.45) is 17.8 Å². The smallest absolute Gasteiger partial charge is 0.316 e. The van der Waals surface area contributed by atoms with E-state index in [1.807, 2.05) is 25.9 Å². The van der Waals surface area contributed by atoms with Gasteiger partial charge in [0, 0.05) is 68.5 Å². The summed E-state index contributed by atoms with van der Waals surface area (Å²) in [5.74, 6) is -5.74. The number of piperazine rings is 1. The number of likely N-dealkylation sites (N-methyl/N-ethyl adjacent to an activating group) is 1. The van der Waals surface area contributed by atoms with Gasteiger partial charge >= 0.3 is 5.97 Å². The molecule has 1 aromatic carbocycles. The second-order valence-corrected chi connectivity index (χ2v) is 17.8. The summed E-state index contributed by atoms with van der Waals surface area (Å²) >= 11 is 0. The van der Waals surface area contributed by atoms with E-state index in [0.29, 0.717) is 32.6 Å². The number of hydrogen-bond donors (Lipinski definition) is 5. The van der Waals surface area contributed by atoms with Crippen molar-refractivity contribution in [3.63, 3.8) is 0 Å². The predicted molar refractivity (Wildman–Crippen MR) is 221 cm³/mol. The molecule has 0 saturated carbocycles. The number of Topliss-reactive ketones (excluding diaryl/α,β-unsaturated/α-hetero) is 1. The minimum absolute atomic E-state index is 0.00670. The molecule has 3 heterocycles. The molecule has 3 fully saturated rings. The number of esters is 1. The van der Waals surface area contributed by atoms with Crippen molar-refractivity contribution in [2.45, 2.75) is 141 Å². The van der Waals surface area contributed by atoms with Gasteiger partial charge in [-0.2, -0.15) is 0 Å². The fourth-order valence-electron chi connectivity index (χ4n) is 8.85. The number of carbonyl (C=O) groups excluding carboxylic acids is 3. The van der Waals surface area contributed by atoms with Gasteiger partial charge in [-0.1, -0.05) is 20.8 Å². The Morgan fingerprint density at radius 3 is 2.20 bits per heavy atom. The fourth-order valence-corrected chi connectivity index (χ4v) is 8.85. The summed E-state index contributed by atoms with van der Waals surface area (Å²) in [5, 5.41) is 59.8. The zero-order valence-electron chi connectivity index (χ0n) is 36.9. The van der Waals surface area contributed by atoms with Crippen LogP contribution in [0.25, 0.3) is 0 Å². The molecule has 0 unspecified atom stereocenters. The number of nitro groups is 1. The highest BCUT2D eigenvalue weighted by atomic mass is 16.7. The molecule has 0 radical (unpaired) electrons. The number of nitrogens with one attached hydrogen (secondary N) is 1. The third kappa shape index (κ3) is 11.8. The van der Waals surface area contributed by atoms with Gasteiger partial charge in [-0.25, -0.2) is 0 Å². The van der Waals surface area contributed by atoms with Crippen molar-refractivity contribution in [3.8, 4) is 0 Å². The highest BCUT2D eigenvalue weighted by Gasteiger charge is 2.51. The molecule has 0 spiro atoms. The number of anilines is 1. The first kappa shape index (κ1) is 49.3. The summed E-state index contributed by atoms with van der Waals surface area (Å²) in [5.41, 5.74) is -2.67. The molecule has 3 aliphatic heterocycles. The molecular weight excluding hydrogens is 782 g/mol. The van der Waals surface area contributed by atoms with Crippen molar-refractivity contribution in [1.29, 1.82) is 0 Å². The molecule has 1 aromatic rings. The molecule has 1 amide bonds. The highest BCUT2D eigenvalue weighted by molar-refractivity contribution is 6.00. The summed E-state index contributed by atoms with van der Waals surface area (Å²) in [6.45, 7) is 15.1. The molecule has 14 atom stereocenters. The molecule has 60 heavy (non-hydrogen) atoms. The second-order valence-electron chi connectivity index (χ2n) is 17.8. The first-order chi connectivity index (χ1) is 28.0. The van der Waals surface area contributed by atoms with E-state index in [1.54, 1.807) is 39.8 Å². The minimum atomic E-state index is -2.05. The number of hydrogen-bond acceptors (Lipinski definition) is 16. The quantitative estimate of drug-likeness (QED) is 0.0919. The lowest BCUT2D eigenvalue weighted by atomic mass is 9.79. The number of aliphatic hydroxyl groups excluding tert-OH is 3. The van der Waals surface area contributed by atoms with E-state index in [0.717, 1.165) is 5.69 Å². The summed E-state index contributed by atoms with van der Waals surface area (Å²) in [6, 6.07) is 5.33. The first-order valence-electron chi connectivity index (χ1n) is 21.1. The maximum atomic E-state index is 14.4. The predicted octanol–water partition coefficient (Wildman–Crippen LogP) is 1.48. The number of benzene rings is 1. The number of rotatable bonds is 11. The zero-order chi connectivity index (χ0) is 44.9. The summed E-state index contributed by atoms with van der Waals surface area (Å²) in [7, 11) is 3.67. The third-order valence-corrected chi connectivity index (χ3v) is 12.6. The topological polar surface area (TPSA) is 234 Å². The SMILES string of the molecule is CC[C@H]1OC(=O)[C@H](C)C(=O)[C@H](C)[C@@H](O[C@@H]2O[C@H](C)C[C@H](N(C)C)[C@H]2O)[C@](C)(OC[C@@H](O)CN2CCN(c3ccc([N+](=O)[O-])cc3)CC2)C[C@@H](C)NC(=O)[C@H](C)[C@@H](O)[C@]1(C)O. The van der Waals surface area contributed by atoms with Crippen LogP contribution in [0.4, 0.5) is 11.4 Å². The van der Waals surface area contributed by atoms with Crippen LogP contribution in [0, 0.1) is 27.9 Å². The first-order valence-corrected chi connectivity index (χ1v) is 21.1. The number of non-ortho nitro benzene ring substituents is 1. The third-order valence-electron chi connectivity index (χ3n) is 12.6. The molecule has 18 nitrogen and oxygen atoms in total. The minimum Gasteiger partial charge on any atom is -0.459 e. The van der Waals surface area contributed by atoms with Crippen LogP contribution in [-0.4, -0.2) is 172 Å². The Balaban J connectivity index is 1.65. The fraction of sp³-hybridized carbons (Fsp3) is 0.786. The van der Waals surface area contributed by atoms with Gasteiger partial charge in [0.15, 0.2) is 12.1 Å². The van der Waals surface area contributed by atoms with Crippen LogP contribution in [0.15, 0.2) is 24.3 Å². The van der Waals surface area contributed by atoms with Gasteiger partial charge in [0.25, 0.3) is 5.69 Å². The van der Waals surface area contributed by atoms with E-state index >= 15 is 0 Å². The maximum absolute atomic E-state index is 14.4. The van der Waals surface area contributed by atoms with Gasteiger partial charge in [-0.05, 0) is 80.1 Å². The van der Waals surface area contributed by atoms with Gasteiger partial charge < -0.3 is 54.5 Å². The molecular formula is C42H69N5O13. The Labute approximate surface area is 353 Å². The standard InChI is InChI=1S/C42H69N5O13/c1-11-33-42(8,54)36(51)28(6)38(52)43-24(2)21-41(7,57-23-31(48)22-45-16-18-46(19-17-45)29-12-14-30(15-13-29)47(55)56)37(26(4)34(49)27(5)39(53)59-33)60-40-35(50)32(44(9)10)20-25(3)58-40/h12-15,24-28,31-33,35-37,40,48,50-51,54H,11,16-23H2,1-10H3,(H,43,52)/t24-,25-,26+,27-,28-,31+,32+,33-,35-,36-,37-,40+,41-,42-/m1/s1. The van der Waals surface area contributed by atoms with Gasteiger partial charge in [-0.15, -0.1) is 0 Å². The van der Waals surface area contributed by atoms with Gasteiger partial charge in [0.05, 0.1) is 47.5 Å². The van der Waals surface area contributed by atoms with Gasteiger partial charge in [-0.3, -0.25) is 29.4 Å². The van der Waals surface area contributed by atoms with E-state index in [-0.39, 0.29) is 43.8 Å². The molecule has 4 rings (SSSR count). The Morgan fingerprint density at radius 2 is 1.63 bits per heavy atom. The zero-order valence-corrected chi connectivity index (χ0v) is 36.9. The number of ketones is 1. The Bertz CT molecular complexity index is 1610. The average molecular weight is 852 g/mol. The lowest BCUT2D eigenvalue weighted by Gasteiger charge is -2.47. The van der Waals surface area contributed by atoms with Crippen LogP contribution >= 0.6 is 0 Å². The molecule has 3 aliphatic rings. The number of nitrogens with zero attached hydrogens (tertiary/aromatic N) is 4. The van der Waals surface area contributed by atoms with E-state index in [1.165, 1.54) is 32.9 Å².